The second-order valence-electron chi connectivity index (χ2n) is 8.86. The molecule has 164 valence electrons. The van der Waals surface area contributed by atoms with E-state index in [2.05, 4.69) is 23.2 Å². The van der Waals surface area contributed by atoms with Gasteiger partial charge < -0.3 is 15.9 Å². The molecule has 0 saturated heterocycles. The third-order valence-corrected chi connectivity index (χ3v) is 6.59. The second kappa shape index (κ2) is 7.37. The molecule has 1 saturated carbocycles. The highest BCUT2D eigenvalue weighted by Crippen LogP contribution is 2.45. The third kappa shape index (κ3) is 3.25. The Morgan fingerprint density at radius 1 is 1.03 bits per heavy atom. The number of nitrogens with zero attached hydrogens (tertiary/aromatic N) is 4. The Morgan fingerprint density at radius 3 is 2.61 bits per heavy atom. The predicted octanol–water partition coefficient (Wildman–Crippen LogP) is 3.53. The van der Waals surface area contributed by atoms with Crippen molar-refractivity contribution >= 4 is 22.2 Å². The van der Waals surface area contributed by atoms with E-state index >= 15 is 0 Å². The lowest BCUT2D eigenvalue weighted by molar-refractivity contribution is -0.0882. The first-order valence-corrected chi connectivity index (χ1v) is 11.0. The van der Waals surface area contributed by atoms with Crippen LogP contribution in [-0.2, 0) is 0 Å². The van der Waals surface area contributed by atoms with Crippen molar-refractivity contribution in [1.82, 2.24) is 19.4 Å². The standard InChI is InChI=1S/C26H23N5O2/c27-24-23-22(30-25(31(23)11-10-28-24)19-13-26(33,14-19)15-32)18-7-6-17-8-9-20(29-21(17)12-18)16-4-2-1-3-5-16/h1-12,19,32-33H,13-15H2,(H2,27,28)/p+1. The number of rotatable bonds is 4. The summed E-state index contributed by atoms with van der Waals surface area (Å²) in [6, 6.07) is 20.4. The first kappa shape index (κ1) is 19.8. The molecule has 3 aromatic heterocycles. The summed E-state index contributed by atoms with van der Waals surface area (Å²) in [4.78, 5) is 14.2. The van der Waals surface area contributed by atoms with Crippen molar-refractivity contribution in [1.29, 1.82) is 0 Å². The fourth-order valence-corrected chi connectivity index (χ4v) is 4.81. The highest BCUT2D eigenvalue weighted by Gasteiger charge is 2.49. The van der Waals surface area contributed by atoms with Crippen molar-refractivity contribution in [3.63, 3.8) is 0 Å². The number of nitrogens with two attached hydrogens (primary N) is 1. The SMILES string of the molecule is Nc1nccn2c(C3CC([OH2+])(CO)C3)nc(-c3ccc4ccc(-c5ccccc5)nc4c3)c12. The van der Waals surface area contributed by atoms with Gasteiger partial charge in [0.15, 0.2) is 5.60 Å². The van der Waals surface area contributed by atoms with Gasteiger partial charge in [-0.2, -0.15) is 0 Å². The maximum atomic E-state index is 9.50. The van der Waals surface area contributed by atoms with E-state index in [0.717, 1.165) is 44.8 Å². The molecule has 5 N–H and O–H groups in total. The number of fused-ring (bicyclic) bond motifs is 2. The molecular formula is C26H24N5O2+. The molecule has 7 heteroatoms. The van der Waals surface area contributed by atoms with Crippen LogP contribution in [0.25, 0.3) is 38.9 Å². The molecule has 7 nitrogen and oxygen atoms in total. The topological polar surface area (TPSA) is 112 Å². The molecule has 3 heterocycles. The summed E-state index contributed by atoms with van der Waals surface area (Å²) in [6.45, 7) is -0.135. The summed E-state index contributed by atoms with van der Waals surface area (Å²) in [5.41, 5.74) is 10.8. The van der Waals surface area contributed by atoms with Crippen LogP contribution in [0.2, 0.25) is 0 Å². The van der Waals surface area contributed by atoms with E-state index in [-0.39, 0.29) is 12.5 Å². The van der Waals surface area contributed by atoms with Gasteiger partial charge >= 0.3 is 0 Å². The van der Waals surface area contributed by atoms with E-state index in [0.29, 0.717) is 18.7 Å². The minimum absolute atomic E-state index is 0.0981. The molecule has 33 heavy (non-hydrogen) atoms. The lowest BCUT2D eigenvalue weighted by atomic mass is 9.71. The Hall–Kier alpha value is -3.81. The van der Waals surface area contributed by atoms with Crippen LogP contribution in [0.3, 0.4) is 0 Å². The molecule has 1 fully saturated rings. The maximum absolute atomic E-state index is 9.50. The summed E-state index contributed by atoms with van der Waals surface area (Å²) in [5, 5.41) is 18.8. The Balaban J connectivity index is 1.48. The van der Waals surface area contributed by atoms with E-state index in [1.807, 2.05) is 53.1 Å². The van der Waals surface area contributed by atoms with E-state index < -0.39 is 5.60 Å². The number of aromatic nitrogens is 4. The molecule has 1 aliphatic carbocycles. The summed E-state index contributed by atoms with van der Waals surface area (Å²) >= 11 is 0. The number of aliphatic hydroxyl groups excluding tert-OH is 1. The molecule has 0 atom stereocenters. The number of benzene rings is 2. The molecule has 1 aliphatic rings. The van der Waals surface area contributed by atoms with Crippen molar-refractivity contribution in [3.05, 3.63) is 78.9 Å². The van der Waals surface area contributed by atoms with Crippen LogP contribution >= 0.6 is 0 Å². The molecule has 0 amide bonds. The number of hydrogen-bond donors (Lipinski definition) is 2. The number of nitrogen functional groups attached to an aromatic ring is 1. The predicted molar refractivity (Wildman–Crippen MR) is 129 cm³/mol. The van der Waals surface area contributed by atoms with Crippen LogP contribution < -0.4 is 5.73 Å². The molecule has 2 aromatic carbocycles. The van der Waals surface area contributed by atoms with Crippen LogP contribution in [0.5, 0.6) is 0 Å². The second-order valence-corrected chi connectivity index (χ2v) is 8.86. The summed E-state index contributed by atoms with van der Waals surface area (Å²) < 4.78 is 1.98. The fraction of sp³-hybridized carbons (Fsp3) is 0.192. The molecular weight excluding hydrogens is 414 g/mol. The van der Waals surface area contributed by atoms with Crippen molar-refractivity contribution in [2.75, 3.05) is 12.3 Å². The normalized spacial score (nSPS) is 20.2. The first-order valence-electron chi connectivity index (χ1n) is 11.0. The molecule has 0 spiro atoms. The Bertz CT molecular complexity index is 1490. The van der Waals surface area contributed by atoms with Crippen LogP contribution in [0.15, 0.2) is 73.1 Å². The van der Waals surface area contributed by atoms with Gasteiger partial charge in [-0.25, -0.2) is 15.0 Å². The highest BCUT2D eigenvalue weighted by atomic mass is 16.3. The number of imidazole rings is 1. The molecule has 6 rings (SSSR count). The fourth-order valence-electron chi connectivity index (χ4n) is 4.81. The lowest BCUT2D eigenvalue weighted by Crippen LogP contribution is -2.46. The van der Waals surface area contributed by atoms with Gasteiger partial charge in [0.05, 0.1) is 11.2 Å². The van der Waals surface area contributed by atoms with Crippen molar-refractivity contribution in [3.8, 4) is 22.5 Å². The first-order chi connectivity index (χ1) is 16.0. The quantitative estimate of drug-likeness (QED) is 0.417. The third-order valence-electron chi connectivity index (χ3n) is 6.59. The van der Waals surface area contributed by atoms with E-state index in [1.54, 1.807) is 6.20 Å². The van der Waals surface area contributed by atoms with Gasteiger partial charge in [0, 0.05) is 47.7 Å². The number of aliphatic hydroxyl groups is 1. The van der Waals surface area contributed by atoms with Crippen LogP contribution in [-0.4, -0.2) is 41.8 Å². The van der Waals surface area contributed by atoms with E-state index in [9.17, 15) is 5.11 Å². The van der Waals surface area contributed by atoms with Gasteiger partial charge in [-0.05, 0) is 12.1 Å². The largest absolute Gasteiger partial charge is 0.439 e. The zero-order chi connectivity index (χ0) is 22.6. The lowest BCUT2D eigenvalue weighted by Gasteiger charge is -2.37. The number of pyridine rings is 1. The summed E-state index contributed by atoms with van der Waals surface area (Å²) in [5.74, 6) is 1.37. The van der Waals surface area contributed by atoms with E-state index in [4.69, 9.17) is 20.8 Å². The zero-order valence-electron chi connectivity index (χ0n) is 17.9. The van der Waals surface area contributed by atoms with Crippen molar-refractivity contribution in [2.45, 2.75) is 24.4 Å². The monoisotopic (exact) mass is 438 g/mol. The van der Waals surface area contributed by atoms with Crippen LogP contribution in [0, 0.1) is 0 Å². The Labute approximate surface area is 190 Å². The molecule has 5 aromatic rings. The zero-order valence-corrected chi connectivity index (χ0v) is 17.9. The molecule has 0 aliphatic heterocycles. The highest BCUT2D eigenvalue weighted by molar-refractivity contribution is 5.91. The molecule has 0 unspecified atom stereocenters. The molecule has 0 bridgehead atoms. The van der Waals surface area contributed by atoms with Gasteiger partial charge in [-0.3, -0.25) is 4.40 Å². The van der Waals surface area contributed by atoms with E-state index in [1.165, 1.54) is 0 Å². The number of anilines is 1. The van der Waals surface area contributed by atoms with Gasteiger partial charge in [0.2, 0.25) is 0 Å². The Kier molecular flexibility index (Phi) is 4.43. The Morgan fingerprint density at radius 2 is 1.82 bits per heavy atom. The van der Waals surface area contributed by atoms with Gasteiger partial charge in [0.1, 0.15) is 29.5 Å². The van der Waals surface area contributed by atoms with Gasteiger partial charge in [-0.1, -0.05) is 48.5 Å². The van der Waals surface area contributed by atoms with Gasteiger partial charge in [-0.15, -0.1) is 0 Å². The average Bonchev–Trinajstić information content (AvgIpc) is 3.22. The molecule has 0 radical (unpaired) electrons. The van der Waals surface area contributed by atoms with Crippen molar-refractivity contribution < 1.29 is 10.2 Å². The van der Waals surface area contributed by atoms with Crippen LogP contribution in [0.1, 0.15) is 24.6 Å². The van der Waals surface area contributed by atoms with Crippen LogP contribution in [0.4, 0.5) is 5.82 Å². The smallest absolute Gasteiger partial charge is 0.188 e. The number of hydrogen-bond acceptors (Lipinski definition) is 5. The van der Waals surface area contributed by atoms with Gasteiger partial charge in [0.25, 0.3) is 0 Å². The average molecular weight is 439 g/mol. The summed E-state index contributed by atoms with van der Waals surface area (Å²) in [6.07, 6.45) is 4.69. The summed E-state index contributed by atoms with van der Waals surface area (Å²) in [7, 11) is 0. The maximum Gasteiger partial charge on any atom is 0.188 e. The van der Waals surface area contributed by atoms with Crippen molar-refractivity contribution in [2.24, 2.45) is 0 Å². The minimum Gasteiger partial charge on any atom is -0.439 e. The minimum atomic E-state index is -0.782.